The van der Waals surface area contributed by atoms with E-state index in [0.29, 0.717) is 11.4 Å². The zero-order valence-corrected chi connectivity index (χ0v) is 18.2. The average Bonchev–Trinajstić information content (AvgIpc) is 2.48. The Hall–Kier alpha value is 0.0400. The van der Waals surface area contributed by atoms with Crippen molar-refractivity contribution in [3.05, 3.63) is 48.1 Å². The molecule has 8 heteroatoms. The molecule has 2 aliphatic rings. The van der Waals surface area contributed by atoms with Gasteiger partial charge in [-0.3, -0.25) is 0 Å². The molecule has 0 N–H and O–H groups in total. The lowest BCUT2D eigenvalue weighted by atomic mass is 9.80. The molecule has 0 aliphatic heterocycles. The fourth-order valence-electron chi connectivity index (χ4n) is 2.18. The fourth-order valence-corrected chi connectivity index (χ4v) is 3.20. The largest absolute Gasteiger partial charge is 0.202 e. The van der Waals surface area contributed by atoms with Crippen molar-refractivity contribution in [2.75, 3.05) is 0 Å². The Kier molecular flexibility index (Phi) is 6.16. The Labute approximate surface area is 177 Å². The predicted octanol–water partition coefficient (Wildman–Crippen LogP) is 7.18. The summed E-state index contributed by atoms with van der Waals surface area (Å²) in [6.45, 7) is 5.57. The molecule has 2 nitrogen and oxygen atoms in total. The Morgan fingerprint density at radius 1 is 0.760 bits per heavy atom. The SMILES string of the molecule is CC1=C/C(=N/N=C2C=CC(C)(C(Cl)(Cl)Cl)C=C2)C=C[C@]1(C)C(Cl)(Cl)Cl. The molecule has 0 aromatic heterocycles. The third-order valence-corrected chi connectivity index (χ3v) is 6.85. The highest BCUT2D eigenvalue weighted by molar-refractivity contribution is 6.68. The van der Waals surface area contributed by atoms with Gasteiger partial charge in [0.05, 0.1) is 22.3 Å². The highest BCUT2D eigenvalue weighted by atomic mass is 35.6. The van der Waals surface area contributed by atoms with E-state index in [1.165, 1.54) is 0 Å². The van der Waals surface area contributed by atoms with Crippen LogP contribution < -0.4 is 0 Å². The lowest BCUT2D eigenvalue weighted by Gasteiger charge is -2.36. The van der Waals surface area contributed by atoms with E-state index in [1.807, 2.05) is 32.9 Å². The molecule has 0 heterocycles. The Balaban J connectivity index is 2.21. The van der Waals surface area contributed by atoms with Gasteiger partial charge in [0.2, 0.25) is 7.59 Å². The third kappa shape index (κ3) is 4.48. The van der Waals surface area contributed by atoms with E-state index in [9.17, 15) is 0 Å². The van der Waals surface area contributed by atoms with E-state index in [1.54, 1.807) is 30.4 Å². The molecule has 0 aromatic rings. The number of allylic oxidation sites excluding steroid dienone is 8. The van der Waals surface area contributed by atoms with Gasteiger partial charge in [0.1, 0.15) is 0 Å². The number of alkyl halides is 6. The molecule has 0 bridgehead atoms. The maximum absolute atomic E-state index is 6.08. The van der Waals surface area contributed by atoms with Crippen molar-refractivity contribution in [3.8, 4) is 0 Å². The van der Waals surface area contributed by atoms with Crippen LogP contribution in [0.4, 0.5) is 0 Å². The van der Waals surface area contributed by atoms with E-state index in [-0.39, 0.29) is 0 Å². The molecule has 1 atom stereocenters. The van der Waals surface area contributed by atoms with Crippen LogP contribution in [0.1, 0.15) is 20.8 Å². The Morgan fingerprint density at radius 3 is 1.68 bits per heavy atom. The van der Waals surface area contributed by atoms with Gasteiger partial charge in [-0.2, -0.15) is 10.2 Å². The van der Waals surface area contributed by atoms with Gasteiger partial charge >= 0.3 is 0 Å². The van der Waals surface area contributed by atoms with Gasteiger partial charge in [-0.25, -0.2) is 0 Å². The molecular formula is C17H16Cl6N2. The summed E-state index contributed by atoms with van der Waals surface area (Å²) >= 11 is 36.2. The van der Waals surface area contributed by atoms with Crippen molar-refractivity contribution < 1.29 is 0 Å². The zero-order chi connectivity index (χ0) is 19.1. The van der Waals surface area contributed by atoms with Crippen LogP contribution >= 0.6 is 69.6 Å². The first-order valence-corrected chi connectivity index (χ1v) is 9.61. The second-order valence-electron chi connectivity index (χ2n) is 6.36. The summed E-state index contributed by atoms with van der Waals surface area (Å²) in [5.41, 5.74) is 0.798. The van der Waals surface area contributed by atoms with Gasteiger partial charge in [-0.1, -0.05) is 93.4 Å². The molecule has 0 amide bonds. The summed E-state index contributed by atoms with van der Waals surface area (Å²) in [5.74, 6) is 0. The summed E-state index contributed by atoms with van der Waals surface area (Å²) in [6.07, 6.45) is 12.5. The van der Waals surface area contributed by atoms with E-state index in [2.05, 4.69) is 10.2 Å². The summed E-state index contributed by atoms with van der Waals surface area (Å²) < 4.78 is -2.89. The molecule has 2 rings (SSSR count). The van der Waals surface area contributed by atoms with Gasteiger partial charge in [-0.15, -0.1) is 0 Å². The molecule has 0 radical (unpaired) electrons. The molecular weight excluding hydrogens is 445 g/mol. The molecule has 0 unspecified atom stereocenters. The summed E-state index contributed by atoms with van der Waals surface area (Å²) in [4.78, 5) is 0. The van der Waals surface area contributed by atoms with Crippen molar-refractivity contribution in [2.45, 2.75) is 28.4 Å². The van der Waals surface area contributed by atoms with Gasteiger partial charge in [0, 0.05) is 0 Å². The second kappa shape index (κ2) is 7.22. The first-order chi connectivity index (χ1) is 11.3. The Morgan fingerprint density at radius 2 is 1.24 bits per heavy atom. The first kappa shape index (κ1) is 21.3. The van der Waals surface area contributed by atoms with Crippen molar-refractivity contribution in [1.29, 1.82) is 0 Å². The molecule has 0 saturated heterocycles. The summed E-state index contributed by atoms with van der Waals surface area (Å²) in [5, 5.41) is 8.43. The van der Waals surface area contributed by atoms with Crippen LogP contribution in [0.15, 0.2) is 58.3 Å². The first-order valence-electron chi connectivity index (χ1n) is 7.34. The van der Waals surface area contributed by atoms with Crippen LogP contribution in [-0.2, 0) is 0 Å². The Bertz CT molecular complexity index is 715. The normalized spacial score (nSPS) is 31.5. The minimum atomic E-state index is -1.45. The molecule has 0 spiro atoms. The zero-order valence-electron chi connectivity index (χ0n) is 13.7. The summed E-state index contributed by atoms with van der Waals surface area (Å²) in [7, 11) is 0. The monoisotopic (exact) mass is 458 g/mol. The quantitative estimate of drug-likeness (QED) is 0.292. The van der Waals surface area contributed by atoms with Gasteiger partial charge < -0.3 is 0 Å². The fraction of sp³-hybridized carbons (Fsp3) is 0.412. The lowest BCUT2D eigenvalue weighted by Crippen LogP contribution is -2.33. The number of hydrogen-bond acceptors (Lipinski definition) is 2. The van der Waals surface area contributed by atoms with Crippen LogP contribution in [0.2, 0.25) is 0 Å². The van der Waals surface area contributed by atoms with Gasteiger partial charge in [0.15, 0.2) is 0 Å². The molecule has 0 fully saturated rings. The topological polar surface area (TPSA) is 24.7 Å². The van der Waals surface area contributed by atoms with E-state index >= 15 is 0 Å². The number of nitrogens with zero attached hydrogens (tertiary/aromatic N) is 2. The van der Waals surface area contributed by atoms with Crippen molar-refractivity contribution in [2.24, 2.45) is 21.0 Å². The minimum absolute atomic E-state index is 0.647. The molecule has 136 valence electrons. The molecule has 2 aliphatic carbocycles. The number of rotatable bonds is 1. The van der Waals surface area contributed by atoms with Crippen LogP contribution in [-0.4, -0.2) is 19.0 Å². The average molecular weight is 461 g/mol. The third-order valence-electron chi connectivity index (χ3n) is 4.45. The highest BCUT2D eigenvalue weighted by Gasteiger charge is 2.45. The molecule has 25 heavy (non-hydrogen) atoms. The molecule has 0 saturated carbocycles. The standard InChI is InChI=1S/C17H16Cl6N2/c1-11-10-13(6-9-15(11,3)17(21,22)23)25-24-12-4-7-14(2,8-5-12)16(18,19)20/h4-10H,1-3H3/b24-12?,25-13+/t14?,15-/m0/s1. The number of halogens is 6. The van der Waals surface area contributed by atoms with Crippen molar-refractivity contribution in [3.63, 3.8) is 0 Å². The van der Waals surface area contributed by atoms with Crippen LogP contribution in [0, 0.1) is 10.8 Å². The van der Waals surface area contributed by atoms with Crippen LogP contribution in [0.25, 0.3) is 0 Å². The maximum Gasteiger partial charge on any atom is 0.202 e. The molecule has 0 aromatic carbocycles. The van der Waals surface area contributed by atoms with E-state index < -0.39 is 18.4 Å². The number of hydrogen-bond donors (Lipinski definition) is 0. The predicted molar refractivity (Wildman–Crippen MR) is 113 cm³/mol. The second-order valence-corrected chi connectivity index (χ2v) is 10.9. The van der Waals surface area contributed by atoms with Crippen molar-refractivity contribution >= 4 is 81.0 Å². The highest BCUT2D eigenvalue weighted by Crippen LogP contribution is 2.51. The van der Waals surface area contributed by atoms with Crippen molar-refractivity contribution in [1.82, 2.24) is 0 Å². The minimum Gasteiger partial charge on any atom is -0.151 e. The van der Waals surface area contributed by atoms with E-state index in [0.717, 1.165) is 5.57 Å². The van der Waals surface area contributed by atoms with Gasteiger partial charge in [-0.05, 0) is 45.1 Å². The van der Waals surface area contributed by atoms with Crippen LogP contribution in [0.5, 0.6) is 0 Å². The van der Waals surface area contributed by atoms with Crippen LogP contribution in [0.3, 0.4) is 0 Å². The van der Waals surface area contributed by atoms with E-state index in [4.69, 9.17) is 69.6 Å². The maximum atomic E-state index is 6.08. The summed E-state index contributed by atoms with van der Waals surface area (Å²) in [6, 6.07) is 0. The van der Waals surface area contributed by atoms with Gasteiger partial charge in [0.25, 0.3) is 0 Å². The lowest BCUT2D eigenvalue weighted by molar-refractivity contribution is 0.525. The smallest absolute Gasteiger partial charge is 0.151 e.